The molecule has 0 saturated carbocycles. The lowest BCUT2D eigenvalue weighted by Crippen LogP contribution is -2.38. The minimum atomic E-state index is -1.43. The molecule has 3 heteroatoms. The summed E-state index contributed by atoms with van der Waals surface area (Å²) >= 11 is 0. The summed E-state index contributed by atoms with van der Waals surface area (Å²) in [5, 5.41) is 10.00. The Labute approximate surface area is 84.1 Å². The molecule has 3 nitrogen and oxygen atoms in total. The van der Waals surface area contributed by atoms with E-state index in [1.807, 2.05) is 13.0 Å². The van der Waals surface area contributed by atoms with Gasteiger partial charge in [-0.15, -0.1) is 0 Å². The van der Waals surface area contributed by atoms with Crippen LogP contribution in [0.1, 0.15) is 26.7 Å². The van der Waals surface area contributed by atoms with Crippen LogP contribution in [0.25, 0.3) is 0 Å². The fourth-order valence-corrected chi connectivity index (χ4v) is 1.65. The molecule has 2 atom stereocenters. The number of ether oxygens (including phenoxy) is 1. The van der Waals surface area contributed by atoms with Gasteiger partial charge in [0.15, 0.2) is 0 Å². The van der Waals surface area contributed by atoms with Crippen molar-refractivity contribution in [2.45, 2.75) is 32.5 Å². The molecule has 2 unspecified atom stereocenters. The van der Waals surface area contributed by atoms with E-state index >= 15 is 0 Å². The van der Waals surface area contributed by atoms with Crippen molar-refractivity contribution in [1.82, 2.24) is 0 Å². The molecule has 78 valence electrons. The second kappa shape index (κ2) is 3.96. The summed E-state index contributed by atoms with van der Waals surface area (Å²) in [6, 6.07) is 0. The number of hydrogen-bond donors (Lipinski definition) is 1. The molecule has 1 aliphatic rings. The summed E-state index contributed by atoms with van der Waals surface area (Å²) in [5.74, 6) is -1.24. The second-order valence-corrected chi connectivity index (χ2v) is 3.87. The van der Waals surface area contributed by atoms with Gasteiger partial charge in [-0.2, -0.15) is 0 Å². The average Bonchev–Trinajstić information content (AvgIpc) is 2.10. The first-order valence-electron chi connectivity index (χ1n) is 4.66. The third-order valence-electron chi connectivity index (χ3n) is 2.79. The first kappa shape index (κ1) is 11.0. The van der Waals surface area contributed by atoms with Crippen LogP contribution in [0.4, 0.5) is 0 Å². The SMILES string of the molecule is C=C(C)C1CC=C(C)C(O)(OC=O)C1. The highest BCUT2D eigenvalue weighted by molar-refractivity contribution is 5.40. The molecule has 1 aliphatic carbocycles. The Morgan fingerprint density at radius 2 is 2.50 bits per heavy atom. The van der Waals surface area contributed by atoms with E-state index < -0.39 is 5.79 Å². The highest BCUT2D eigenvalue weighted by atomic mass is 16.6. The number of allylic oxidation sites excluding steroid dienone is 2. The Bertz CT molecular complexity index is 280. The Morgan fingerprint density at radius 1 is 1.86 bits per heavy atom. The van der Waals surface area contributed by atoms with Gasteiger partial charge in [0.05, 0.1) is 0 Å². The predicted molar refractivity (Wildman–Crippen MR) is 53.4 cm³/mol. The summed E-state index contributed by atoms with van der Waals surface area (Å²) in [6.07, 6.45) is 3.15. The normalized spacial score (nSPS) is 31.9. The number of carbonyl (C=O) groups excluding carboxylic acids is 1. The maximum Gasteiger partial charge on any atom is 0.295 e. The van der Waals surface area contributed by atoms with Crippen molar-refractivity contribution in [3.63, 3.8) is 0 Å². The van der Waals surface area contributed by atoms with Crippen molar-refractivity contribution in [3.8, 4) is 0 Å². The summed E-state index contributed by atoms with van der Waals surface area (Å²) in [4.78, 5) is 10.3. The van der Waals surface area contributed by atoms with Gasteiger partial charge in [-0.05, 0) is 31.8 Å². The second-order valence-electron chi connectivity index (χ2n) is 3.87. The quantitative estimate of drug-likeness (QED) is 0.425. The van der Waals surface area contributed by atoms with E-state index in [0.717, 1.165) is 12.0 Å². The summed E-state index contributed by atoms with van der Waals surface area (Å²) in [7, 11) is 0. The number of aliphatic hydroxyl groups is 1. The zero-order valence-corrected chi connectivity index (χ0v) is 8.62. The lowest BCUT2D eigenvalue weighted by atomic mass is 9.82. The molecule has 0 radical (unpaired) electrons. The van der Waals surface area contributed by atoms with E-state index in [0.29, 0.717) is 12.0 Å². The van der Waals surface area contributed by atoms with Crippen molar-refractivity contribution in [1.29, 1.82) is 0 Å². The molecule has 0 spiro atoms. The van der Waals surface area contributed by atoms with Gasteiger partial charge in [0, 0.05) is 6.42 Å². The van der Waals surface area contributed by atoms with Crippen LogP contribution in [0.5, 0.6) is 0 Å². The largest absolute Gasteiger partial charge is 0.431 e. The molecule has 0 bridgehead atoms. The molecule has 1 N–H and O–H groups in total. The van der Waals surface area contributed by atoms with E-state index in [2.05, 4.69) is 6.58 Å². The lowest BCUT2D eigenvalue weighted by molar-refractivity contribution is -0.186. The molecule has 0 aliphatic heterocycles. The van der Waals surface area contributed by atoms with Gasteiger partial charge in [-0.3, -0.25) is 4.79 Å². The zero-order valence-electron chi connectivity index (χ0n) is 8.62. The highest BCUT2D eigenvalue weighted by Gasteiger charge is 2.37. The van der Waals surface area contributed by atoms with Gasteiger partial charge in [0.1, 0.15) is 0 Å². The molecule has 0 heterocycles. The van der Waals surface area contributed by atoms with Gasteiger partial charge < -0.3 is 9.84 Å². The number of carbonyl (C=O) groups is 1. The first-order valence-corrected chi connectivity index (χ1v) is 4.66. The molecule has 0 aromatic heterocycles. The maximum atomic E-state index is 10.3. The molecular weight excluding hydrogens is 180 g/mol. The molecule has 0 fully saturated rings. The third-order valence-corrected chi connectivity index (χ3v) is 2.79. The van der Waals surface area contributed by atoms with E-state index in [4.69, 9.17) is 4.74 Å². The van der Waals surface area contributed by atoms with Gasteiger partial charge >= 0.3 is 0 Å². The third kappa shape index (κ3) is 2.04. The van der Waals surface area contributed by atoms with E-state index in [1.165, 1.54) is 0 Å². The first-order chi connectivity index (χ1) is 6.49. The standard InChI is InChI=1S/C11H16O3/c1-8(2)10-5-4-9(3)11(13,6-10)14-7-12/h4,7,10,13H,1,5-6H2,2-3H3. The van der Waals surface area contributed by atoms with Gasteiger partial charge in [-0.1, -0.05) is 18.2 Å². The average molecular weight is 196 g/mol. The summed E-state index contributed by atoms with van der Waals surface area (Å²) in [6.45, 7) is 7.81. The number of rotatable bonds is 3. The Balaban J connectivity index is 2.85. The number of hydrogen-bond acceptors (Lipinski definition) is 3. The predicted octanol–water partition coefficient (Wildman–Crippen LogP) is 1.78. The van der Waals surface area contributed by atoms with Crippen LogP contribution in [0.3, 0.4) is 0 Å². The van der Waals surface area contributed by atoms with Crippen LogP contribution >= 0.6 is 0 Å². The van der Waals surface area contributed by atoms with Crippen LogP contribution in [-0.2, 0) is 9.53 Å². The van der Waals surface area contributed by atoms with Crippen LogP contribution in [-0.4, -0.2) is 17.4 Å². The monoisotopic (exact) mass is 196 g/mol. The van der Waals surface area contributed by atoms with Gasteiger partial charge in [-0.25, -0.2) is 0 Å². The molecule has 14 heavy (non-hydrogen) atoms. The fraction of sp³-hybridized carbons (Fsp3) is 0.545. The Kier molecular flexibility index (Phi) is 3.11. The Hall–Kier alpha value is -1.09. The topological polar surface area (TPSA) is 46.5 Å². The fourth-order valence-electron chi connectivity index (χ4n) is 1.65. The van der Waals surface area contributed by atoms with Crippen LogP contribution in [0, 0.1) is 5.92 Å². The van der Waals surface area contributed by atoms with Gasteiger partial charge in [0.25, 0.3) is 6.47 Å². The molecule has 1 rings (SSSR count). The minimum absolute atomic E-state index is 0.184. The molecular formula is C11H16O3. The van der Waals surface area contributed by atoms with E-state index in [1.54, 1.807) is 6.92 Å². The summed E-state index contributed by atoms with van der Waals surface area (Å²) in [5.41, 5.74) is 1.70. The van der Waals surface area contributed by atoms with Crippen LogP contribution in [0.2, 0.25) is 0 Å². The van der Waals surface area contributed by atoms with Crippen molar-refractivity contribution in [3.05, 3.63) is 23.8 Å². The van der Waals surface area contributed by atoms with Crippen molar-refractivity contribution >= 4 is 6.47 Å². The van der Waals surface area contributed by atoms with E-state index in [-0.39, 0.29) is 12.4 Å². The molecule has 0 aromatic carbocycles. The highest BCUT2D eigenvalue weighted by Crippen LogP contribution is 2.35. The van der Waals surface area contributed by atoms with Crippen LogP contribution in [0.15, 0.2) is 23.8 Å². The maximum absolute atomic E-state index is 10.3. The van der Waals surface area contributed by atoms with Crippen molar-refractivity contribution in [2.24, 2.45) is 5.92 Å². The van der Waals surface area contributed by atoms with Gasteiger partial charge in [0.2, 0.25) is 5.79 Å². The molecule has 0 amide bonds. The lowest BCUT2D eigenvalue weighted by Gasteiger charge is -2.34. The van der Waals surface area contributed by atoms with E-state index in [9.17, 15) is 9.90 Å². The molecule has 0 aromatic rings. The smallest absolute Gasteiger partial charge is 0.295 e. The van der Waals surface area contributed by atoms with Crippen LogP contribution < -0.4 is 0 Å². The summed E-state index contributed by atoms with van der Waals surface area (Å²) < 4.78 is 4.73. The minimum Gasteiger partial charge on any atom is -0.431 e. The molecule has 0 saturated heterocycles. The van der Waals surface area contributed by atoms with Crippen molar-refractivity contribution in [2.75, 3.05) is 0 Å². The Morgan fingerprint density at radius 3 is 3.00 bits per heavy atom. The van der Waals surface area contributed by atoms with Crippen molar-refractivity contribution < 1.29 is 14.6 Å². The zero-order chi connectivity index (χ0) is 10.8.